The topological polar surface area (TPSA) is 50.9 Å². The Morgan fingerprint density at radius 3 is 2.23 bits per heavy atom. The highest BCUT2D eigenvalue weighted by atomic mass is 16.3. The highest BCUT2D eigenvalue weighted by Gasteiger charge is 2.24. The number of fused-ring (bicyclic) bond motifs is 1. The Kier molecular flexibility index (Phi) is 7.43. The first-order valence-corrected chi connectivity index (χ1v) is 19.0. The maximum absolute atomic E-state index is 11.8. The first-order chi connectivity index (χ1) is 30.3. The van der Waals surface area contributed by atoms with Crippen LogP contribution in [-0.2, 0) is 11.8 Å². The molecule has 0 unspecified atom stereocenters. The number of aryl methyl sites for hydroxylation is 2. The molecule has 0 spiro atoms. The summed E-state index contributed by atoms with van der Waals surface area (Å²) in [6.45, 7) is 14.5. The summed E-state index contributed by atoms with van der Waals surface area (Å²) in [5.41, 5.74) is 9.69. The molecular formula is C52H49N3O. The third-order valence-electron chi connectivity index (χ3n) is 10.1. The number of aromatic hydroxyl groups is 1. The number of rotatable bonds is 8. The molecule has 2 heterocycles. The molecule has 0 atom stereocenters. The fourth-order valence-electron chi connectivity index (χ4n) is 7.42. The van der Waals surface area contributed by atoms with Crippen LogP contribution < -0.4 is 0 Å². The van der Waals surface area contributed by atoms with E-state index in [9.17, 15) is 6.48 Å². The number of hydrogen-bond acceptors (Lipinski definition) is 3. The van der Waals surface area contributed by atoms with Crippen LogP contribution in [0.2, 0.25) is 0 Å². The summed E-state index contributed by atoms with van der Waals surface area (Å²) in [7, 11) is 0. The lowest BCUT2D eigenvalue weighted by atomic mass is 9.83. The molecule has 4 nitrogen and oxygen atoms in total. The average molecular weight is 740 g/mol. The second kappa shape index (κ2) is 14.8. The van der Waals surface area contributed by atoms with E-state index in [-0.39, 0.29) is 28.6 Å². The van der Waals surface area contributed by atoms with Crippen LogP contribution in [0.3, 0.4) is 0 Å². The zero-order valence-corrected chi connectivity index (χ0v) is 32.8. The van der Waals surface area contributed by atoms with Gasteiger partial charge < -0.3 is 5.11 Å². The molecule has 0 radical (unpaired) electrons. The van der Waals surface area contributed by atoms with Crippen molar-refractivity contribution in [1.82, 2.24) is 14.5 Å². The Bertz CT molecular complexity index is 3140. The minimum Gasteiger partial charge on any atom is -0.507 e. The normalized spacial score (nSPS) is 13.8. The number of benzene rings is 6. The molecule has 0 aliphatic rings. The van der Waals surface area contributed by atoms with E-state index in [0.717, 1.165) is 56.6 Å². The lowest BCUT2D eigenvalue weighted by molar-refractivity contribution is 0.472. The summed E-state index contributed by atoms with van der Waals surface area (Å²) in [4.78, 5) is 9.87. The molecule has 0 saturated carbocycles. The van der Waals surface area contributed by atoms with Gasteiger partial charge in [0.25, 0.3) is 0 Å². The lowest BCUT2D eigenvalue weighted by Crippen LogP contribution is -2.11. The number of pyridine rings is 1. The van der Waals surface area contributed by atoms with E-state index in [2.05, 4.69) is 80.6 Å². The van der Waals surface area contributed by atoms with E-state index in [4.69, 9.17) is 14.6 Å². The van der Waals surface area contributed by atoms with Gasteiger partial charge in [0.15, 0.2) is 0 Å². The van der Waals surface area contributed by atoms with Crippen LogP contribution >= 0.6 is 0 Å². The number of phenolic OH excluding ortho intramolecular Hbond substituents is 1. The van der Waals surface area contributed by atoms with Gasteiger partial charge in [-0.2, -0.15) is 0 Å². The number of imidazole rings is 1. The first-order valence-electron chi connectivity index (χ1n) is 23.0. The van der Waals surface area contributed by atoms with Crippen molar-refractivity contribution in [3.8, 4) is 67.5 Å². The molecule has 56 heavy (non-hydrogen) atoms. The summed E-state index contributed by atoms with van der Waals surface area (Å²) in [6, 6.07) is 28.8. The molecule has 4 heteroatoms. The summed E-state index contributed by atoms with van der Waals surface area (Å²) >= 11 is 0. The molecule has 0 aliphatic heterocycles. The highest BCUT2D eigenvalue weighted by molar-refractivity contribution is 5.98. The minimum absolute atomic E-state index is 0.0303. The standard InChI is InChI=1S/C52H49N3O/c1-33(2)25-36-21-22-47(44(28-36)38-17-12-9-13-18-38)55-48-20-14-19-43(49(48)54-51(55)45-27-34(3)26-35(4)50(45)56)40-29-41(31-42(30-40)52(5,6)7)46-32-39(23-24-53-46)37-15-10-8-11-16-37/h8-24,26-33,56H,25H2,1-7H3/i8D,10D,11D,15D,16D,23D,24D,32D. The summed E-state index contributed by atoms with van der Waals surface area (Å²) in [5, 5.41) is 11.8. The van der Waals surface area contributed by atoms with Gasteiger partial charge in [-0.25, -0.2) is 4.98 Å². The molecule has 0 fully saturated rings. The van der Waals surface area contributed by atoms with E-state index < -0.39 is 47.8 Å². The van der Waals surface area contributed by atoms with Crippen molar-refractivity contribution in [2.75, 3.05) is 0 Å². The summed E-state index contributed by atoms with van der Waals surface area (Å²) < 4.78 is 71.3. The Labute approximate surface area is 342 Å². The van der Waals surface area contributed by atoms with Crippen LogP contribution in [-0.4, -0.2) is 19.6 Å². The van der Waals surface area contributed by atoms with Gasteiger partial charge in [-0.1, -0.05) is 125 Å². The first kappa shape index (κ1) is 28.2. The smallest absolute Gasteiger partial charge is 0.149 e. The quantitative estimate of drug-likeness (QED) is 0.169. The van der Waals surface area contributed by atoms with E-state index in [0.29, 0.717) is 28.4 Å². The summed E-state index contributed by atoms with van der Waals surface area (Å²) in [6.07, 6.45) is 0.403. The van der Waals surface area contributed by atoms with Crippen molar-refractivity contribution in [3.05, 3.63) is 168 Å². The number of nitrogens with zero attached hydrogens (tertiary/aromatic N) is 3. The number of para-hydroxylation sites is 1. The van der Waals surface area contributed by atoms with Crippen molar-refractivity contribution in [2.45, 2.75) is 60.3 Å². The van der Waals surface area contributed by atoms with Crippen LogP contribution in [0, 0.1) is 19.8 Å². The van der Waals surface area contributed by atoms with Crippen LogP contribution in [0.5, 0.6) is 5.75 Å². The fourth-order valence-corrected chi connectivity index (χ4v) is 7.42. The molecular weight excluding hydrogens is 683 g/mol. The molecule has 0 amide bonds. The largest absolute Gasteiger partial charge is 0.507 e. The number of aromatic nitrogens is 3. The molecule has 1 N–H and O–H groups in total. The van der Waals surface area contributed by atoms with Crippen LogP contribution in [0.25, 0.3) is 72.7 Å². The molecule has 8 aromatic rings. The Balaban J connectivity index is 1.44. The minimum atomic E-state index is -0.597. The molecule has 8 rings (SSSR count). The zero-order chi connectivity index (χ0) is 46.1. The molecule has 6 aromatic carbocycles. The van der Waals surface area contributed by atoms with Gasteiger partial charge in [-0.05, 0) is 125 Å². The van der Waals surface area contributed by atoms with E-state index in [1.54, 1.807) is 0 Å². The van der Waals surface area contributed by atoms with Crippen molar-refractivity contribution in [3.63, 3.8) is 0 Å². The van der Waals surface area contributed by atoms with Gasteiger partial charge in [0.05, 0.1) is 38.9 Å². The highest BCUT2D eigenvalue weighted by Crippen LogP contribution is 2.43. The molecule has 0 saturated heterocycles. The van der Waals surface area contributed by atoms with Crippen LogP contribution in [0.1, 0.15) is 67.8 Å². The maximum Gasteiger partial charge on any atom is 0.149 e. The van der Waals surface area contributed by atoms with Crippen molar-refractivity contribution < 1.29 is 16.1 Å². The predicted molar refractivity (Wildman–Crippen MR) is 234 cm³/mol. The Hall–Kier alpha value is -6.26. The SMILES string of the molecule is [2H]c1nc(-c2cc(-c3cccc4c3nc(-c3cc(C)cc(C)c3O)n4-c3ccc(CC(C)C)cc3-c3ccccc3)cc(C(C)(C)C)c2)c([2H])c(-c2c([2H])c([2H])c([2H])c([2H])c2[2H])c1[2H]. The van der Waals surface area contributed by atoms with Crippen molar-refractivity contribution in [1.29, 1.82) is 0 Å². The van der Waals surface area contributed by atoms with Gasteiger partial charge in [0.1, 0.15) is 11.6 Å². The Morgan fingerprint density at radius 1 is 0.714 bits per heavy atom. The second-order valence-corrected chi connectivity index (χ2v) is 16.0. The predicted octanol–water partition coefficient (Wildman–Crippen LogP) is 13.6. The molecule has 0 bridgehead atoms. The van der Waals surface area contributed by atoms with Crippen LogP contribution in [0.15, 0.2) is 146 Å². The lowest BCUT2D eigenvalue weighted by Gasteiger charge is -2.22. The monoisotopic (exact) mass is 739 g/mol. The average Bonchev–Trinajstić information content (AvgIpc) is 3.65. The third kappa shape index (κ3) is 7.15. The van der Waals surface area contributed by atoms with E-state index >= 15 is 0 Å². The Morgan fingerprint density at radius 2 is 1.48 bits per heavy atom. The van der Waals surface area contributed by atoms with Gasteiger partial charge in [0.2, 0.25) is 0 Å². The zero-order valence-electron chi connectivity index (χ0n) is 40.8. The third-order valence-corrected chi connectivity index (χ3v) is 10.1. The fraction of sp³-hybridized carbons (Fsp3) is 0.192. The molecule has 0 aliphatic carbocycles. The van der Waals surface area contributed by atoms with E-state index in [1.165, 1.54) is 5.56 Å². The van der Waals surface area contributed by atoms with Gasteiger partial charge in [-0.3, -0.25) is 9.55 Å². The number of hydrogen-bond donors (Lipinski definition) is 1. The van der Waals surface area contributed by atoms with Crippen molar-refractivity contribution >= 4 is 11.0 Å². The number of phenols is 1. The second-order valence-electron chi connectivity index (χ2n) is 16.0. The van der Waals surface area contributed by atoms with Gasteiger partial charge >= 0.3 is 0 Å². The van der Waals surface area contributed by atoms with Gasteiger partial charge in [-0.15, -0.1) is 0 Å². The van der Waals surface area contributed by atoms with Crippen LogP contribution in [0.4, 0.5) is 0 Å². The molecule has 278 valence electrons. The molecule has 2 aromatic heterocycles. The summed E-state index contributed by atoms with van der Waals surface area (Å²) in [5.74, 6) is 1.13. The maximum atomic E-state index is 11.8. The van der Waals surface area contributed by atoms with E-state index in [1.807, 2.05) is 74.5 Å². The van der Waals surface area contributed by atoms with Crippen molar-refractivity contribution in [2.24, 2.45) is 5.92 Å². The van der Waals surface area contributed by atoms with Gasteiger partial charge in [0, 0.05) is 22.9 Å².